The largest absolute Gasteiger partial charge is 0.497 e. The Balaban J connectivity index is 2.37. The summed E-state index contributed by atoms with van der Waals surface area (Å²) in [4.78, 5) is 24.9. The van der Waals surface area contributed by atoms with Gasteiger partial charge in [-0.15, -0.1) is 0 Å². The van der Waals surface area contributed by atoms with Crippen LogP contribution in [0.3, 0.4) is 0 Å². The molecule has 9 nitrogen and oxygen atoms in total. The van der Waals surface area contributed by atoms with Gasteiger partial charge in [0.15, 0.2) is 5.76 Å². The molecule has 1 unspecified atom stereocenters. The Morgan fingerprint density at radius 3 is 2.57 bits per heavy atom. The second kappa shape index (κ2) is 7.65. The number of esters is 1. The zero-order valence-electron chi connectivity index (χ0n) is 15.5. The summed E-state index contributed by atoms with van der Waals surface area (Å²) in [6, 6.07) is 6.03. The van der Waals surface area contributed by atoms with Crippen LogP contribution >= 0.6 is 0 Å². The Morgan fingerprint density at radius 1 is 1.21 bits per heavy atom. The average Bonchev–Trinajstić information content (AvgIpc) is 2.72. The van der Waals surface area contributed by atoms with Crippen LogP contribution in [-0.4, -0.2) is 32.4 Å². The lowest BCUT2D eigenvalue weighted by atomic mass is 9.86. The number of benzene rings is 1. The lowest BCUT2D eigenvalue weighted by Gasteiger charge is -2.27. The molecule has 1 aliphatic rings. The maximum Gasteiger partial charge on any atom is 0.340 e. The number of methoxy groups -OCH3 is 3. The summed E-state index contributed by atoms with van der Waals surface area (Å²) >= 11 is 0. The number of ether oxygens (including phenoxy) is 4. The molecule has 2 heterocycles. The maximum absolute atomic E-state index is 12.5. The van der Waals surface area contributed by atoms with Gasteiger partial charge in [-0.05, 0) is 18.2 Å². The van der Waals surface area contributed by atoms with Crippen LogP contribution in [0.1, 0.15) is 23.0 Å². The van der Waals surface area contributed by atoms with Crippen molar-refractivity contribution in [3.05, 3.63) is 63.0 Å². The minimum Gasteiger partial charge on any atom is -0.497 e. The molecule has 3 rings (SSSR count). The summed E-state index contributed by atoms with van der Waals surface area (Å²) in [6.45, 7) is -0.517. The van der Waals surface area contributed by atoms with Gasteiger partial charge < -0.3 is 34.2 Å². The van der Waals surface area contributed by atoms with E-state index >= 15 is 0 Å². The highest BCUT2D eigenvalue weighted by atomic mass is 16.5. The van der Waals surface area contributed by atoms with E-state index in [1.165, 1.54) is 21.3 Å². The third-order valence-electron chi connectivity index (χ3n) is 4.32. The number of hydrogen-bond acceptors (Lipinski definition) is 9. The van der Waals surface area contributed by atoms with Gasteiger partial charge in [-0.2, -0.15) is 0 Å². The summed E-state index contributed by atoms with van der Waals surface area (Å²) in [5.74, 6) is -1.36. The molecule has 0 spiro atoms. The van der Waals surface area contributed by atoms with Crippen molar-refractivity contribution in [2.45, 2.75) is 12.5 Å². The van der Waals surface area contributed by atoms with Crippen molar-refractivity contribution in [1.82, 2.24) is 0 Å². The third-order valence-corrected chi connectivity index (χ3v) is 4.32. The molecule has 1 aromatic carbocycles. The lowest BCUT2D eigenvalue weighted by molar-refractivity contribution is -0.136. The maximum atomic E-state index is 12.5. The highest BCUT2D eigenvalue weighted by molar-refractivity contribution is 5.92. The Labute approximate surface area is 159 Å². The van der Waals surface area contributed by atoms with Crippen LogP contribution in [0, 0.1) is 0 Å². The molecule has 0 bridgehead atoms. The molecule has 0 fully saturated rings. The van der Waals surface area contributed by atoms with E-state index in [2.05, 4.69) is 0 Å². The number of rotatable bonds is 5. The molecule has 2 aromatic rings. The van der Waals surface area contributed by atoms with Crippen molar-refractivity contribution < 1.29 is 33.3 Å². The number of carbonyl (C=O) groups excluding carboxylic acids is 1. The van der Waals surface area contributed by atoms with Gasteiger partial charge in [0.05, 0.1) is 27.2 Å². The van der Waals surface area contributed by atoms with E-state index in [-0.39, 0.29) is 28.7 Å². The molecule has 0 amide bonds. The van der Waals surface area contributed by atoms with E-state index in [9.17, 15) is 14.7 Å². The SMILES string of the molecule is COC(=O)C1=C(N)Oc2c(oc(CO)cc2=O)C1c1cc(OC)ccc1OC. The van der Waals surface area contributed by atoms with E-state index in [0.717, 1.165) is 6.07 Å². The molecule has 3 N–H and O–H groups in total. The molecule has 1 atom stereocenters. The fourth-order valence-corrected chi connectivity index (χ4v) is 3.05. The molecule has 0 radical (unpaired) electrons. The van der Waals surface area contributed by atoms with Crippen molar-refractivity contribution in [1.29, 1.82) is 0 Å². The van der Waals surface area contributed by atoms with Crippen LogP contribution in [0.4, 0.5) is 0 Å². The van der Waals surface area contributed by atoms with Crippen molar-refractivity contribution >= 4 is 5.97 Å². The first-order chi connectivity index (χ1) is 13.4. The fraction of sp³-hybridized carbons (Fsp3) is 0.263. The van der Waals surface area contributed by atoms with Crippen LogP contribution in [0.25, 0.3) is 0 Å². The van der Waals surface area contributed by atoms with E-state index in [0.29, 0.717) is 17.1 Å². The second-order valence-electron chi connectivity index (χ2n) is 5.84. The monoisotopic (exact) mass is 389 g/mol. The topological polar surface area (TPSA) is 130 Å². The Hall–Kier alpha value is -3.46. The number of carbonyl (C=O) groups is 1. The van der Waals surface area contributed by atoms with E-state index in [1.807, 2.05) is 0 Å². The molecule has 148 valence electrons. The molecular weight excluding hydrogens is 370 g/mol. The lowest BCUT2D eigenvalue weighted by Crippen LogP contribution is -2.30. The van der Waals surface area contributed by atoms with Gasteiger partial charge in [-0.1, -0.05) is 0 Å². The first-order valence-electron chi connectivity index (χ1n) is 8.20. The van der Waals surface area contributed by atoms with E-state index < -0.39 is 23.9 Å². The number of aliphatic hydroxyl groups excluding tert-OH is 1. The standard InChI is InChI=1S/C19H19NO8/c1-24-9-4-5-13(25-2)11(6-9)14-15(19(23)26-3)18(20)28-16-12(22)7-10(8-21)27-17(14)16/h4-7,14,21H,8,20H2,1-3H3. The van der Waals surface area contributed by atoms with Crippen molar-refractivity contribution in [3.63, 3.8) is 0 Å². The van der Waals surface area contributed by atoms with Gasteiger partial charge in [0.1, 0.15) is 29.4 Å². The van der Waals surface area contributed by atoms with E-state index in [4.69, 9.17) is 29.1 Å². The van der Waals surface area contributed by atoms with Gasteiger partial charge >= 0.3 is 5.97 Å². The normalized spacial score (nSPS) is 15.5. The molecule has 1 aromatic heterocycles. The molecular formula is C19H19NO8. The van der Waals surface area contributed by atoms with Crippen LogP contribution < -0.4 is 25.4 Å². The van der Waals surface area contributed by atoms with Gasteiger partial charge in [0.25, 0.3) is 0 Å². The quantitative estimate of drug-likeness (QED) is 0.720. The Bertz CT molecular complexity index is 1010. The number of fused-ring (bicyclic) bond motifs is 1. The predicted octanol–water partition coefficient (Wildman–Crippen LogP) is 1.02. The molecule has 0 saturated carbocycles. The minimum atomic E-state index is -0.986. The van der Waals surface area contributed by atoms with Crippen LogP contribution in [0.15, 0.2) is 44.9 Å². The second-order valence-corrected chi connectivity index (χ2v) is 5.84. The summed E-state index contributed by atoms with van der Waals surface area (Å²) in [6.07, 6.45) is 0. The summed E-state index contributed by atoms with van der Waals surface area (Å²) in [7, 11) is 4.13. The fourth-order valence-electron chi connectivity index (χ4n) is 3.05. The van der Waals surface area contributed by atoms with Crippen LogP contribution in [-0.2, 0) is 16.1 Å². The molecule has 0 saturated heterocycles. The first kappa shape index (κ1) is 19.3. The Morgan fingerprint density at radius 2 is 1.96 bits per heavy atom. The zero-order valence-corrected chi connectivity index (χ0v) is 15.5. The first-order valence-corrected chi connectivity index (χ1v) is 8.20. The average molecular weight is 389 g/mol. The third kappa shape index (κ3) is 3.16. The number of hydrogen-bond donors (Lipinski definition) is 2. The minimum absolute atomic E-state index is 0.00213. The highest BCUT2D eigenvalue weighted by Crippen LogP contribution is 2.45. The predicted molar refractivity (Wildman–Crippen MR) is 96.1 cm³/mol. The van der Waals surface area contributed by atoms with Gasteiger partial charge in [0, 0.05) is 11.6 Å². The highest BCUT2D eigenvalue weighted by Gasteiger charge is 2.40. The molecule has 1 aliphatic heterocycles. The molecule has 0 aliphatic carbocycles. The molecule has 9 heteroatoms. The Kier molecular flexibility index (Phi) is 5.27. The summed E-state index contributed by atoms with van der Waals surface area (Å²) < 4.78 is 26.6. The van der Waals surface area contributed by atoms with Crippen molar-refractivity contribution in [2.24, 2.45) is 5.73 Å². The van der Waals surface area contributed by atoms with Gasteiger partial charge in [-0.3, -0.25) is 4.79 Å². The number of aliphatic hydroxyl groups is 1. The zero-order chi connectivity index (χ0) is 20.4. The van der Waals surface area contributed by atoms with Crippen LogP contribution in [0.5, 0.6) is 17.2 Å². The van der Waals surface area contributed by atoms with Gasteiger partial charge in [0.2, 0.25) is 17.1 Å². The summed E-state index contributed by atoms with van der Waals surface area (Å²) in [5.41, 5.74) is 5.77. The smallest absolute Gasteiger partial charge is 0.340 e. The van der Waals surface area contributed by atoms with Gasteiger partial charge in [-0.25, -0.2) is 4.79 Å². The number of nitrogens with two attached hydrogens (primary N) is 1. The molecule has 28 heavy (non-hydrogen) atoms. The summed E-state index contributed by atoms with van der Waals surface area (Å²) in [5, 5.41) is 9.43. The van der Waals surface area contributed by atoms with E-state index in [1.54, 1.807) is 18.2 Å². The van der Waals surface area contributed by atoms with Crippen molar-refractivity contribution in [3.8, 4) is 17.2 Å². The van der Waals surface area contributed by atoms with Crippen LogP contribution in [0.2, 0.25) is 0 Å². The van der Waals surface area contributed by atoms with Crippen molar-refractivity contribution in [2.75, 3.05) is 21.3 Å².